The minimum Gasteiger partial charge on any atom is -0.372 e. The molecule has 27 heavy (non-hydrogen) atoms. The number of H-pyrrole nitrogens is 1. The zero-order valence-corrected chi connectivity index (χ0v) is 15.6. The zero-order chi connectivity index (χ0) is 18.6. The summed E-state index contributed by atoms with van der Waals surface area (Å²) in [6, 6.07) is 19.3. The summed E-state index contributed by atoms with van der Waals surface area (Å²) in [4.78, 5) is 19.7. The minimum atomic E-state index is -1.70. The van der Waals surface area contributed by atoms with Crippen LogP contribution in [-0.2, 0) is 16.9 Å². The van der Waals surface area contributed by atoms with E-state index in [9.17, 15) is 9.90 Å². The fraction of sp³-hybridized carbons (Fsp3) is 0.136. The molecule has 4 nitrogen and oxygen atoms in total. The van der Waals surface area contributed by atoms with Crippen molar-refractivity contribution < 1.29 is 9.90 Å². The van der Waals surface area contributed by atoms with Gasteiger partial charge in [-0.05, 0) is 30.5 Å². The summed E-state index contributed by atoms with van der Waals surface area (Å²) in [5.41, 5.74) is 2.07. The summed E-state index contributed by atoms with van der Waals surface area (Å²) in [5.74, 6) is -0.301. The Kier molecular flexibility index (Phi) is 3.50. The van der Waals surface area contributed by atoms with Crippen LogP contribution in [0.3, 0.4) is 0 Å². The van der Waals surface area contributed by atoms with Crippen LogP contribution in [0.2, 0.25) is 0 Å². The Morgan fingerprint density at radius 3 is 2.67 bits per heavy atom. The van der Waals surface area contributed by atoms with Crippen LogP contribution >= 0.6 is 11.3 Å². The van der Waals surface area contributed by atoms with Gasteiger partial charge in [0, 0.05) is 32.6 Å². The highest BCUT2D eigenvalue weighted by Gasteiger charge is 2.52. The van der Waals surface area contributed by atoms with Gasteiger partial charge < -0.3 is 15.0 Å². The highest BCUT2D eigenvalue weighted by Crippen LogP contribution is 2.47. The van der Waals surface area contributed by atoms with Crippen molar-refractivity contribution in [1.29, 1.82) is 0 Å². The van der Waals surface area contributed by atoms with Crippen molar-refractivity contribution in [2.45, 2.75) is 19.1 Å². The summed E-state index contributed by atoms with van der Waals surface area (Å²) in [6.45, 7) is 2.36. The third kappa shape index (κ3) is 2.22. The van der Waals surface area contributed by atoms with E-state index in [2.05, 4.69) is 4.98 Å². The summed E-state index contributed by atoms with van der Waals surface area (Å²) in [7, 11) is 0. The summed E-state index contributed by atoms with van der Waals surface area (Å²) < 4.78 is 0. The normalized spacial score (nSPS) is 19.0. The second kappa shape index (κ2) is 5.81. The standard InChI is InChI=1S/C22H18N2O2S/c1-14-20(16-8-2-4-10-18(16)23-14)22(26)17-9-3-5-11-19(17)24(21(22)25)13-15-7-6-12-27-15/h2-12,23,26H,13H2,1H3/t22-/m0/s1. The Balaban J connectivity index is 1.74. The average Bonchev–Trinajstić information content (AvgIpc) is 3.35. The maximum absolute atomic E-state index is 13.6. The molecule has 1 atom stereocenters. The van der Waals surface area contributed by atoms with E-state index in [1.54, 1.807) is 16.2 Å². The Morgan fingerprint density at radius 2 is 1.85 bits per heavy atom. The third-order valence-electron chi connectivity index (χ3n) is 5.29. The Bertz CT molecular complexity index is 1160. The molecule has 2 aromatic carbocycles. The van der Waals surface area contributed by atoms with Gasteiger partial charge in [0.1, 0.15) is 0 Å². The van der Waals surface area contributed by atoms with Gasteiger partial charge in [0.05, 0.1) is 12.2 Å². The number of carbonyl (C=O) groups excluding carboxylic acids is 1. The molecule has 5 rings (SSSR count). The van der Waals surface area contributed by atoms with E-state index in [0.717, 1.165) is 27.2 Å². The molecule has 4 aromatic rings. The lowest BCUT2D eigenvalue weighted by atomic mass is 9.85. The van der Waals surface area contributed by atoms with E-state index in [1.807, 2.05) is 73.0 Å². The average molecular weight is 374 g/mol. The minimum absolute atomic E-state index is 0.301. The van der Waals surface area contributed by atoms with Crippen LogP contribution in [0.4, 0.5) is 5.69 Å². The molecule has 0 bridgehead atoms. The van der Waals surface area contributed by atoms with Crippen molar-refractivity contribution in [2.75, 3.05) is 4.90 Å². The molecule has 0 saturated carbocycles. The molecule has 1 amide bonds. The number of aliphatic hydroxyl groups is 1. The van der Waals surface area contributed by atoms with Gasteiger partial charge in [-0.3, -0.25) is 4.79 Å². The first-order valence-electron chi connectivity index (χ1n) is 8.84. The van der Waals surface area contributed by atoms with Crippen molar-refractivity contribution in [3.63, 3.8) is 0 Å². The quantitative estimate of drug-likeness (QED) is 0.561. The van der Waals surface area contributed by atoms with Crippen molar-refractivity contribution in [1.82, 2.24) is 4.98 Å². The van der Waals surface area contributed by atoms with Crippen LogP contribution in [0.1, 0.15) is 21.7 Å². The number of nitrogens with zero attached hydrogens (tertiary/aromatic N) is 1. The number of carbonyl (C=O) groups is 1. The van der Waals surface area contributed by atoms with Gasteiger partial charge >= 0.3 is 0 Å². The highest BCUT2D eigenvalue weighted by molar-refractivity contribution is 7.09. The lowest BCUT2D eigenvalue weighted by molar-refractivity contribution is -0.132. The number of para-hydroxylation sites is 2. The first kappa shape index (κ1) is 16.3. The molecule has 5 heteroatoms. The summed E-state index contributed by atoms with van der Waals surface area (Å²) >= 11 is 1.61. The number of nitrogens with one attached hydrogen (secondary N) is 1. The monoisotopic (exact) mass is 374 g/mol. The number of hydrogen-bond acceptors (Lipinski definition) is 3. The fourth-order valence-electron chi connectivity index (χ4n) is 4.13. The topological polar surface area (TPSA) is 56.3 Å². The summed E-state index contributed by atoms with van der Waals surface area (Å²) in [6.07, 6.45) is 0. The second-order valence-corrected chi connectivity index (χ2v) is 7.90. The van der Waals surface area contributed by atoms with Gasteiger partial charge in [-0.2, -0.15) is 0 Å². The van der Waals surface area contributed by atoms with E-state index >= 15 is 0 Å². The molecule has 2 aromatic heterocycles. The van der Waals surface area contributed by atoms with Crippen molar-refractivity contribution in [3.8, 4) is 0 Å². The fourth-order valence-corrected chi connectivity index (χ4v) is 4.83. The Morgan fingerprint density at radius 1 is 1.07 bits per heavy atom. The first-order chi connectivity index (χ1) is 13.1. The van der Waals surface area contributed by atoms with Crippen LogP contribution in [0, 0.1) is 6.92 Å². The van der Waals surface area contributed by atoms with E-state index in [0.29, 0.717) is 17.7 Å². The SMILES string of the molecule is Cc1[nH]c2ccccc2c1[C@]1(O)C(=O)N(Cc2cccs2)c2ccccc21. The maximum atomic E-state index is 13.6. The largest absolute Gasteiger partial charge is 0.372 e. The molecule has 2 N–H and O–H groups in total. The Hall–Kier alpha value is -2.89. The predicted molar refractivity (Wildman–Crippen MR) is 108 cm³/mol. The number of thiophene rings is 1. The van der Waals surface area contributed by atoms with Gasteiger partial charge in [0.2, 0.25) is 0 Å². The first-order valence-corrected chi connectivity index (χ1v) is 9.72. The molecule has 3 heterocycles. The van der Waals surface area contributed by atoms with Crippen molar-refractivity contribution >= 4 is 33.8 Å². The van der Waals surface area contributed by atoms with Crippen molar-refractivity contribution in [3.05, 3.63) is 87.7 Å². The number of fused-ring (bicyclic) bond motifs is 2. The van der Waals surface area contributed by atoms with E-state index in [1.165, 1.54) is 0 Å². The van der Waals surface area contributed by atoms with E-state index in [-0.39, 0.29) is 5.91 Å². The van der Waals surface area contributed by atoms with Gasteiger partial charge in [-0.1, -0.05) is 42.5 Å². The van der Waals surface area contributed by atoms with Gasteiger partial charge in [-0.15, -0.1) is 11.3 Å². The number of anilines is 1. The van der Waals surface area contributed by atoms with Crippen LogP contribution < -0.4 is 4.90 Å². The number of hydrogen-bond donors (Lipinski definition) is 2. The number of amides is 1. The van der Waals surface area contributed by atoms with Gasteiger partial charge in [0.25, 0.3) is 5.91 Å². The molecule has 134 valence electrons. The molecular weight excluding hydrogens is 356 g/mol. The smallest absolute Gasteiger partial charge is 0.268 e. The molecular formula is C22H18N2O2S. The number of aromatic nitrogens is 1. The number of benzene rings is 2. The number of rotatable bonds is 3. The lowest BCUT2D eigenvalue weighted by Crippen LogP contribution is -2.41. The van der Waals surface area contributed by atoms with Gasteiger partial charge in [0.15, 0.2) is 5.60 Å². The molecule has 0 aliphatic carbocycles. The highest BCUT2D eigenvalue weighted by atomic mass is 32.1. The van der Waals surface area contributed by atoms with Gasteiger partial charge in [-0.25, -0.2) is 0 Å². The molecule has 0 fully saturated rings. The Labute approximate surface area is 160 Å². The number of aromatic amines is 1. The van der Waals surface area contributed by atoms with Crippen LogP contribution in [-0.4, -0.2) is 16.0 Å². The van der Waals surface area contributed by atoms with Crippen LogP contribution in [0.15, 0.2) is 66.0 Å². The molecule has 0 saturated heterocycles. The van der Waals surface area contributed by atoms with Crippen molar-refractivity contribution in [2.24, 2.45) is 0 Å². The molecule has 0 spiro atoms. The molecule has 0 unspecified atom stereocenters. The third-order valence-corrected chi connectivity index (χ3v) is 6.15. The van der Waals surface area contributed by atoms with E-state index < -0.39 is 5.60 Å². The van der Waals surface area contributed by atoms with Crippen LogP contribution in [0.25, 0.3) is 10.9 Å². The molecule has 1 aliphatic heterocycles. The maximum Gasteiger partial charge on any atom is 0.268 e. The van der Waals surface area contributed by atoms with E-state index in [4.69, 9.17) is 0 Å². The lowest BCUT2D eigenvalue weighted by Gasteiger charge is -2.24. The molecule has 1 aliphatic rings. The van der Waals surface area contributed by atoms with Crippen LogP contribution in [0.5, 0.6) is 0 Å². The summed E-state index contributed by atoms with van der Waals surface area (Å²) in [5, 5.41) is 14.7. The number of aryl methyl sites for hydroxylation is 1. The second-order valence-electron chi connectivity index (χ2n) is 6.87. The zero-order valence-electron chi connectivity index (χ0n) is 14.8. The molecule has 0 radical (unpaired) electrons. The predicted octanol–water partition coefficient (Wildman–Crippen LogP) is 4.32.